The number of aromatic nitrogens is 4. The fourth-order valence-corrected chi connectivity index (χ4v) is 12.5. The van der Waals surface area contributed by atoms with E-state index >= 15 is 0 Å². The molecule has 0 saturated heterocycles. The van der Waals surface area contributed by atoms with Crippen LogP contribution in [0, 0.1) is 0 Å². The van der Waals surface area contributed by atoms with Gasteiger partial charge in [-0.25, -0.2) is 0 Å². The van der Waals surface area contributed by atoms with Gasteiger partial charge in [0.25, 0.3) is 0 Å². The summed E-state index contributed by atoms with van der Waals surface area (Å²) in [7, 11) is 0. The molecule has 2 aliphatic rings. The third-order valence-corrected chi connectivity index (χ3v) is 16.0. The minimum Gasteiger partial charge on any atom is -0.317 e. The van der Waals surface area contributed by atoms with Gasteiger partial charge in [0.2, 0.25) is 11.4 Å². The Bertz CT molecular complexity index is 3120. The molecule has 4 aromatic heterocycles. The Kier molecular flexibility index (Phi) is 8.31. The largest absolute Gasteiger partial charge is 0.317 e. The maximum atomic E-state index is 2.56. The second-order valence-corrected chi connectivity index (χ2v) is 20.2. The van der Waals surface area contributed by atoms with E-state index in [2.05, 4.69) is 240 Å². The van der Waals surface area contributed by atoms with E-state index in [1.54, 1.807) is 0 Å². The number of fused-ring (bicyclic) bond motifs is 6. The summed E-state index contributed by atoms with van der Waals surface area (Å²) < 4.78 is 10.0. The highest BCUT2D eigenvalue weighted by atomic mass is 32.1. The normalized spacial score (nSPS) is 14.1. The Morgan fingerprint density at radius 2 is 0.677 bits per heavy atom. The topological polar surface area (TPSA) is 17.6 Å². The highest BCUT2D eigenvalue weighted by Gasteiger charge is 2.44. The molecule has 0 fully saturated rings. The number of hydrogen-bond donors (Lipinski definition) is 0. The highest BCUT2D eigenvalue weighted by Crippen LogP contribution is 2.42. The third kappa shape index (κ3) is 5.60. The van der Waals surface area contributed by atoms with Crippen molar-refractivity contribution in [2.45, 2.75) is 27.3 Å². The lowest BCUT2D eigenvalue weighted by molar-refractivity contribution is -0.653. The molecule has 2 aliphatic heterocycles. The van der Waals surface area contributed by atoms with Crippen LogP contribution in [0.5, 0.6) is 0 Å². The van der Waals surface area contributed by atoms with E-state index in [1.165, 1.54) is 98.0 Å². The average molecular weight is 835 g/mol. The Hall–Kier alpha value is -6.73. The zero-order valence-electron chi connectivity index (χ0n) is 35.2. The van der Waals surface area contributed by atoms with Crippen molar-refractivity contribution in [1.29, 1.82) is 0 Å². The van der Waals surface area contributed by atoms with Crippen molar-refractivity contribution >= 4 is 46.2 Å². The molecule has 0 N–H and O–H groups in total. The van der Waals surface area contributed by atoms with Crippen LogP contribution in [0.3, 0.4) is 0 Å². The number of benzene rings is 6. The molecular weight excluding hydrogens is 790 g/mol. The standard InChI is InChI=1S/C54H44B2N4S2/c1-55(2)43-33-41(25-27-45(43)57-47(37-17-9-5-10-18-37)35-49(59(55)57)39-21-13-7-14-22-39)51-29-31-53(61-51)54-32-30-52(62-54)42-26-28-46-44(34-42)56(3,4)60-50(40-23-15-8-16-24-40)36-48(58(46)60)38-19-11-6-12-20-38/h5-36H,1-4H3. The number of nitrogens with zero attached hydrogens (tertiary/aromatic N) is 4. The molecule has 6 heterocycles. The van der Waals surface area contributed by atoms with Crippen LogP contribution < -0.4 is 20.3 Å². The van der Waals surface area contributed by atoms with Gasteiger partial charge < -0.3 is 9.19 Å². The summed E-state index contributed by atoms with van der Waals surface area (Å²) in [5.41, 5.74) is 17.7. The zero-order valence-corrected chi connectivity index (χ0v) is 36.9. The molecule has 10 aromatic rings. The lowest BCUT2D eigenvalue weighted by Gasteiger charge is -2.25. The van der Waals surface area contributed by atoms with Gasteiger partial charge >= 0.3 is 0 Å². The molecule has 0 aliphatic carbocycles. The van der Waals surface area contributed by atoms with Crippen LogP contribution in [0.1, 0.15) is 0 Å². The predicted molar refractivity (Wildman–Crippen MR) is 264 cm³/mol. The first-order chi connectivity index (χ1) is 30.3. The molecule has 298 valence electrons. The van der Waals surface area contributed by atoms with Crippen LogP contribution in [0.2, 0.25) is 27.3 Å². The van der Waals surface area contributed by atoms with Crippen LogP contribution in [0.25, 0.3) is 87.0 Å². The first kappa shape index (κ1) is 37.1. The minimum absolute atomic E-state index is 1.13. The van der Waals surface area contributed by atoms with E-state index in [-0.39, 0.29) is 0 Å². The minimum atomic E-state index is -1.13. The Morgan fingerprint density at radius 1 is 0.339 bits per heavy atom. The Morgan fingerprint density at radius 3 is 1.05 bits per heavy atom. The van der Waals surface area contributed by atoms with Crippen LogP contribution in [0.15, 0.2) is 194 Å². The van der Waals surface area contributed by atoms with E-state index in [1.807, 2.05) is 22.7 Å². The van der Waals surface area contributed by atoms with Crippen LogP contribution in [-0.2, 0) is 0 Å². The average Bonchev–Trinajstić information content (AvgIpc) is 4.18. The molecule has 0 radical (unpaired) electrons. The first-order valence-electron chi connectivity index (χ1n) is 21.8. The van der Waals surface area contributed by atoms with E-state index < -0.39 is 12.6 Å². The fraction of sp³-hybridized carbons (Fsp3) is 0.0741. The highest BCUT2D eigenvalue weighted by molar-refractivity contribution is 7.25. The summed E-state index contributed by atoms with van der Waals surface area (Å²) >= 11 is 3.78. The molecule has 12 rings (SSSR count). The Labute approximate surface area is 371 Å². The van der Waals surface area contributed by atoms with Crippen LogP contribution in [-0.4, -0.2) is 21.7 Å². The SMILES string of the molecule is C[B-]1(C)c2cc(-c3ccc(-c4ccc(-c5ccc6c(c5)[B-](C)(C)n5c(-c7ccccc7)cc(-c7ccccc7)[n+]5-6)s4)s3)ccc2-[n+]2c(-c3ccccc3)cc(-c3ccccc3)n21. The van der Waals surface area contributed by atoms with Gasteiger partial charge in [0, 0.05) is 54.9 Å². The lowest BCUT2D eigenvalue weighted by atomic mass is 9.35. The second-order valence-electron chi connectivity index (χ2n) is 18.1. The van der Waals surface area contributed by atoms with Gasteiger partial charge in [-0.05, 0) is 82.9 Å². The van der Waals surface area contributed by atoms with Gasteiger partial charge in [0.05, 0.1) is 11.4 Å². The smallest absolute Gasteiger partial charge is 0.241 e. The van der Waals surface area contributed by atoms with Gasteiger partial charge in [-0.15, -0.1) is 43.0 Å². The number of rotatable bonds is 7. The summed E-state index contributed by atoms with van der Waals surface area (Å²) in [6, 6.07) is 71.5. The monoisotopic (exact) mass is 834 g/mol. The van der Waals surface area contributed by atoms with Gasteiger partial charge in [-0.2, -0.15) is 27.3 Å². The van der Waals surface area contributed by atoms with Crippen molar-refractivity contribution in [1.82, 2.24) is 9.19 Å². The quantitative estimate of drug-likeness (QED) is 0.112. The maximum Gasteiger partial charge on any atom is 0.241 e. The number of hydrogen-bond acceptors (Lipinski definition) is 2. The fourth-order valence-electron chi connectivity index (χ4n) is 10.5. The molecular formula is C54H44B2N4S2. The summed E-state index contributed by atoms with van der Waals surface area (Å²) in [5, 5.41) is 0. The second kappa shape index (κ2) is 13.9. The maximum absolute atomic E-state index is 2.56. The summed E-state index contributed by atoms with van der Waals surface area (Å²) in [5.74, 6) is 0. The summed E-state index contributed by atoms with van der Waals surface area (Å²) in [6.45, 7) is 9.67. The van der Waals surface area contributed by atoms with Crippen molar-refractivity contribution in [3.63, 3.8) is 0 Å². The molecule has 0 spiro atoms. The third-order valence-electron chi connectivity index (χ3n) is 13.5. The van der Waals surface area contributed by atoms with Gasteiger partial charge in [0.1, 0.15) is 0 Å². The molecule has 0 atom stereocenters. The molecule has 0 bridgehead atoms. The zero-order chi connectivity index (χ0) is 41.7. The van der Waals surface area contributed by atoms with Crippen molar-refractivity contribution < 1.29 is 9.36 Å². The molecule has 6 aromatic carbocycles. The molecule has 62 heavy (non-hydrogen) atoms. The lowest BCUT2D eigenvalue weighted by Crippen LogP contribution is -2.50. The summed E-state index contributed by atoms with van der Waals surface area (Å²) in [4.78, 5) is 5.19. The molecule has 0 amide bonds. The van der Waals surface area contributed by atoms with E-state index in [9.17, 15) is 0 Å². The van der Waals surface area contributed by atoms with Gasteiger partial charge in [-0.1, -0.05) is 109 Å². The van der Waals surface area contributed by atoms with Crippen molar-refractivity contribution in [3.05, 3.63) is 194 Å². The van der Waals surface area contributed by atoms with E-state index in [0.29, 0.717) is 0 Å². The molecule has 4 nitrogen and oxygen atoms in total. The Balaban J connectivity index is 0.881. The van der Waals surface area contributed by atoms with Crippen molar-refractivity contribution in [2.24, 2.45) is 0 Å². The van der Waals surface area contributed by atoms with Crippen molar-refractivity contribution in [3.8, 4) is 87.0 Å². The molecule has 8 heteroatoms. The van der Waals surface area contributed by atoms with E-state index in [4.69, 9.17) is 0 Å². The van der Waals surface area contributed by atoms with Gasteiger partial charge in [0.15, 0.2) is 23.9 Å². The van der Waals surface area contributed by atoms with Gasteiger partial charge in [-0.3, -0.25) is 0 Å². The van der Waals surface area contributed by atoms with E-state index in [0.717, 1.165) is 0 Å². The predicted octanol–water partition coefficient (Wildman–Crippen LogP) is 12.2. The molecule has 0 saturated carbocycles. The van der Waals surface area contributed by atoms with Crippen LogP contribution >= 0.6 is 22.7 Å². The summed E-state index contributed by atoms with van der Waals surface area (Å²) in [6.07, 6.45) is -2.25. The number of thiophene rings is 2. The molecule has 0 unspecified atom stereocenters. The van der Waals surface area contributed by atoms with Crippen LogP contribution in [0.4, 0.5) is 0 Å². The van der Waals surface area contributed by atoms with Crippen molar-refractivity contribution in [2.75, 3.05) is 0 Å². The first-order valence-corrected chi connectivity index (χ1v) is 23.4.